The van der Waals surface area contributed by atoms with Crippen molar-refractivity contribution in [2.24, 2.45) is 0 Å². The lowest BCUT2D eigenvalue weighted by Gasteiger charge is -2.23. The van der Waals surface area contributed by atoms with Gasteiger partial charge in [0.2, 0.25) is 0 Å². The van der Waals surface area contributed by atoms with E-state index in [1.54, 1.807) is 121 Å². The first-order valence-electron chi connectivity index (χ1n) is 15.7. The standard InChI is InChI=1S/C40H32N4O6/c1-41(2)39(49)43-33(25-17-9-5-10-18-25)31(35(45)27-21-13-7-14-22-27)29(37(43)47)30-32(36(46)28-23-15-8-16-24-28)34(26-19-11-6-12-20-26)44(38(30)48)40(50)42(3)4/h5-24H,1-4H3/b30-29-. The second-order valence-electron chi connectivity index (χ2n) is 12.0. The highest BCUT2D eigenvalue weighted by Gasteiger charge is 2.51. The van der Waals surface area contributed by atoms with Crippen LogP contribution in [0.15, 0.2) is 144 Å². The number of hydrogen-bond donors (Lipinski definition) is 0. The first-order chi connectivity index (χ1) is 24.0. The third-order valence-electron chi connectivity index (χ3n) is 8.27. The number of ketones is 2. The summed E-state index contributed by atoms with van der Waals surface area (Å²) in [5.74, 6) is -3.30. The van der Waals surface area contributed by atoms with Gasteiger partial charge in [0.25, 0.3) is 11.8 Å². The molecule has 0 bridgehead atoms. The number of imide groups is 2. The van der Waals surface area contributed by atoms with Crippen molar-refractivity contribution in [3.05, 3.63) is 166 Å². The zero-order valence-corrected chi connectivity index (χ0v) is 27.8. The maximum absolute atomic E-state index is 14.9. The lowest BCUT2D eigenvalue weighted by molar-refractivity contribution is -0.123. The fourth-order valence-corrected chi connectivity index (χ4v) is 5.98. The Morgan fingerprint density at radius 1 is 0.440 bits per heavy atom. The van der Waals surface area contributed by atoms with Gasteiger partial charge in [0.05, 0.1) is 33.7 Å². The molecule has 0 unspecified atom stereocenters. The highest BCUT2D eigenvalue weighted by Crippen LogP contribution is 2.46. The van der Waals surface area contributed by atoms with Crippen LogP contribution in [0, 0.1) is 0 Å². The molecule has 0 fully saturated rings. The van der Waals surface area contributed by atoms with Crippen molar-refractivity contribution in [3.8, 4) is 0 Å². The Morgan fingerprint density at radius 3 is 1.00 bits per heavy atom. The van der Waals surface area contributed by atoms with Crippen LogP contribution in [-0.4, -0.2) is 83.2 Å². The summed E-state index contributed by atoms with van der Waals surface area (Å²) < 4.78 is 0. The fourth-order valence-electron chi connectivity index (χ4n) is 5.98. The normalized spacial score (nSPS) is 15.9. The van der Waals surface area contributed by atoms with Crippen molar-refractivity contribution in [2.45, 2.75) is 0 Å². The summed E-state index contributed by atoms with van der Waals surface area (Å²) in [6, 6.07) is 31.5. The highest BCUT2D eigenvalue weighted by atomic mass is 16.2. The predicted octanol–water partition coefficient (Wildman–Crippen LogP) is 5.92. The molecule has 6 rings (SSSR count). The Morgan fingerprint density at radius 2 is 0.720 bits per heavy atom. The number of amides is 6. The van der Waals surface area contributed by atoms with Crippen molar-refractivity contribution in [2.75, 3.05) is 28.2 Å². The van der Waals surface area contributed by atoms with E-state index in [1.165, 1.54) is 38.0 Å². The van der Waals surface area contributed by atoms with Crippen molar-refractivity contribution >= 4 is 46.8 Å². The molecule has 6 amide bonds. The number of carbonyl (C=O) groups excluding carboxylic acids is 6. The van der Waals surface area contributed by atoms with E-state index in [0.717, 1.165) is 9.80 Å². The maximum Gasteiger partial charge on any atom is 0.331 e. The van der Waals surface area contributed by atoms with Gasteiger partial charge in [-0.15, -0.1) is 0 Å². The number of rotatable bonds is 6. The molecule has 0 saturated heterocycles. The topological polar surface area (TPSA) is 115 Å². The van der Waals surface area contributed by atoms with Gasteiger partial charge in [0, 0.05) is 39.3 Å². The van der Waals surface area contributed by atoms with Crippen LogP contribution in [0.4, 0.5) is 9.59 Å². The molecule has 2 aliphatic rings. The van der Waals surface area contributed by atoms with Crippen LogP contribution in [0.3, 0.4) is 0 Å². The zero-order chi connectivity index (χ0) is 35.7. The molecule has 10 nitrogen and oxygen atoms in total. The molecule has 50 heavy (non-hydrogen) atoms. The summed E-state index contributed by atoms with van der Waals surface area (Å²) in [6.45, 7) is 0. The number of nitrogens with zero attached hydrogens (tertiary/aromatic N) is 4. The second-order valence-corrected chi connectivity index (χ2v) is 12.0. The van der Waals surface area contributed by atoms with Crippen molar-refractivity contribution < 1.29 is 28.8 Å². The summed E-state index contributed by atoms with van der Waals surface area (Å²) in [5.41, 5.74) is -0.480. The van der Waals surface area contributed by atoms with E-state index in [9.17, 15) is 28.8 Å². The van der Waals surface area contributed by atoms with E-state index >= 15 is 0 Å². The van der Waals surface area contributed by atoms with Gasteiger partial charge in [-0.3, -0.25) is 19.2 Å². The van der Waals surface area contributed by atoms with Crippen molar-refractivity contribution in [1.82, 2.24) is 19.6 Å². The highest BCUT2D eigenvalue weighted by molar-refractivity contribution is 6.38. The Hall–Kier alpha value is -6.68. The third-order valence-corrected chi connectivity index (χ3v) is 8.27. The summed E-state index contributed by atoms with van der Waals surface area (Å²) >= 11 is 0. The summed E-state index contributed by atoms with van der Waals surface area (Å²) in [6.07, 6.45) is 0. The molecule has 4 aromatic carbocycles. The monoisotopic (exact) mass is 664 g/mol. The largest absolute Gasteiger partial charge is 0.331 e. The fraction of sp³-hybridized carbons (Fsp3) is 0.100. The summed E-state index contributed by atoms with van der Waals surface area (Å²) in [7, 11) is 5.83. The minimum Gasteiger partial charge on any atom is -0.330 e. The van der Waals surface area contributed by atoms with Crippen LogP contribution in [0.1, 0.15) is 31.8 Å². The van der Waals surface area contributed by atoms with E-state index in [-0.39, 0.29) is 33.7 Å². The van der Waals surface area contributed by atoms with E-state index < -0.39 is 46.6 Å². The number of carbonyl (C=O) groups is 6. The quantitative estimate of drug-likeness (QED) is 0.187. The predicted molar refractivity (Wildman–Crippen MR) is 187 cm³/mol. The molecule has 0 saturated carbocycles. The molecule has 0 aliphatic carbocycles. The molecule has 0 N–H and O–H groups in total. The SMILES string of the molecule is CN(C)C(=O)N1C(=O)/C(=C2\C(=O)N(C(=O)N(C)C)C(c3ccccc3)=C2C(=O)c2ccccc2)C(C(=O)c2ccccc2)=C1c1ccccc1. The van der Waals surface area contributed by atoms with Crippen LogP contribution in [0.5, 0.6) is 0 Å². The van der Waals surface area contributed by atoms with Gasteiger partial charge in [-0.2, -0.15) is 0 Å². The van der Waals surface area contributed by atoms with Crippen LogP contribution >= 0.6 is 0 Å². The Labute approximate surface area is 288 Å². The Balaban J connectivity index is 1.81. The molecule has 0 radical (unpaired) electrons. The molecule has 248 valence electrons. The number of hydrogen-bond acceptors (Lipinski definition) is 6. The number of urea groups is 2. The molecule has 0 atom stereocenters. The lowest BCUT2D eigenvalue weighted by atomic mass is 9.86. The van der Waals surface area contributed by atoms with Gasteiger partial charge in [-0.05, 0) is 11.1 Å². The molecular weight excluding hydrogens is 632 g/mol. The minimum absolute atomic E-state index is 0.0522. The molecule has 10 heteroatoms. The molecule has 0 aromatic heterocycles. The molecule has 4 aromatic rings. The van der Waals surface area contributed by atoms with Crippen molar-refractivity contribution in [3.63, 3.8) is 0 Å². The van der Waals surface area contributed by atoms with Crippen LogP contribution < -0.4 is 0 Å². The second kappa shape index (κ2) is 13.4. The average Bonchev–Trinajstić information content (AvgIpc) is 3.61. The van der Waals surface area contributed by atoms with Crippen molar-refractivity contribution in [1.29, 1.82) is 0 Å². The van der Waals surface area contributed by atoms with Gasteiger partial charge < -0.3 is 9.80 Å². The van der Waals surface area contributed by atoms with E-state index in [4.69, 9.17) is 0 Å². The van der Waals surface area contributed by atoms with Gasteiger partial charge in [0.1, 0.15) is 0 Å². The van der Waals surface area contributed by atoms with Crippen LogP contribution in [-0.2, 0) is 9.59 Å². The molecule has 0 spiro atoms. The molecule has 2 aliphatic heterocycles. The molecule has 2 heterocycles. The third kappa shape index (κ3) is 5.62. The summed E-state index contributed by atoms with van der Waals surface area (Å²) in [4.78, 5) is 91.1. The van der Waals surface area contributed by atoms with Crippen LogP contribution in [0.25, 0.3) is 11.4 Å². The molecular formula is C40H32N4O6. The van der Waals surface area contributed by atoms with E-state index in [0.29, 0.717) is 11.1 Å². The Kier molecular flexibility index (Phi) is 8.93. The van der Waals surface area contributed by atoms with E-state index in [1.807, 2.05) is 0 Å². The Bertz CT molecular complexity index is 2000. The average molecular weight is 665 g/mol. The van der Waals surface area contributed by atoms with Gasteiger partial charge in [-0.25, -0.2) is 19.4 Å². The number of Topliss-reactive ketones (excluding diaryl/α,β-unsaturated/α-hetero) is 2. The maximum atomic E-state index is 14.9. The first kappa shape index (κ1) is 33.2. The number of benzene rings is 4. The zero-order valence-electron chi connectivity index (χ0n) is 27.8. The van der Waals surface area contributed by atoms with E-state index in [2.05, 4.69) is 0 Å². The minimum atomic E-state index is -0.991. The van der Waals surface area contributed by atoms with Gasteiger partial charge in [-0.1, -0.05) is 121 Å². The smallest absolute Gasteiger partial charge is 0.330 e. The summed E-state index contributed by atoms with van der Waals surface area (Å²) in [5, 5.41) is 0. The van der Waals surface area contributed by atoms with Gasteiger partial charge in [0.15, 0.2) is 11.6 Å². The lowest BCUT2D eigenvalue weighted by Crippen LogP contribution is -2.41. The first-order valence-corrected chi connectivity index (χ1v) is 15.7. The van der Waals surface area contributed by atoms with Crippen LogP contribution in [0.2, 0.25) is 0 Å². The van der Waals surface area contributed by atoms with Gasteiger partial charge >= 0.3 is 12.1 Å².